The molecule has 2 aromatic rings. The Balaban J connectivity index is 1.66. The van der Waals surface area contributed by atoms with Gasteiger partial charge in [-0.25, -0.2) is 8.78 Å². The number of amides is 1. The number of benzene rings is 2. The lowest BCUT2D eigenvalue weighted by Crippen LogP contribution is -2.33. The average Bonchev–Trinajstić information content (AvgIpc) is 2.61. The minimum absolute atomic E-state index is 0.0915. The standard InChI is InChI=1S/C19H16ClF2NO3S/c1-26-19(25)11-6-13(7-11)27-17-8-10(2-4-14(17)20)18(24)23-12-3-5-15(21)16(22)9-12/h2-5,8-9,11,13H,6-7H2,1H3,(H,23,24). The highest BCUT2D eigenvalue weighted by Crippen LogP contribution is 2.43. The molecule has 1 fully saturated rings. The highest BCUT2D eigenvalue weighted by molar-refractivity contribution is 8.00. The second-order valence-corrected chi connectivity index (χ2v) is 7.91. The van der Waals surface area contributed by atoms with Gasteiger partial charge in [-0.2, -0.15) is 0 Å². The summed E-state index contributed by atoms with van der Waals surface area (Å²) in [5, 5.41) is 3.25. The van der Waals surface area contributed by atoms with Gasteiger partial charge in [0, 0.05) is 27.5 Å². The van der Waals surface area contributed by atoms with Crippen molar-refractivity contribution in [2.24, 2.45) is 5.92 Å². The fourth-order valence-electron chi connectivity index (χ4n) is 2.71. The summed E-state index contributed by atoms with van der Waals surface area (Å²) in [4.78, 5) is 24.6. The van der Waals surface area contributed by atoms with Gasteiger partial charge in [-0.05, 0) is 43.2 Å². The molecule has 0 unspecified atom stereocenters. The van der Waals surface area contributed by atoms with Crippen molar-refractivity contribution in [3.05, 3.63) is 58.6 Å². The second kappa shape index (κ2) is 8.27. The Morgan fingerprint density at radius 1 is 1.15 bits per heavy atom. The molecule has 1 amide bonds. The number of halogens is 3. The molecular formula is C19H16ClF2NO3S. The van der Waals surface area contributed by atoms with Crippen LogP contribution in [-0.2, 0) is 9.53 Å². The van der Waals surface area contributed by atoms with Crippen LogP contribution < -0.4 is 5.32 Å². The molecule has 4 nitrogen and oxygen atoms in total. The molecular weight excluding hydrogens is 396 g/mol. The number of carbonyl (C=O) groups excluding carboxylic acids is 2. The van der Waals surface area contributed by atoms with Crippen LogP contribution in [0.3, 0.4) is 0 Å². The van der Waals surface area contributed by atoms with Gasteiger partial charge in [0.05, 0.1) is 18.1 Å². The van der Waals surface area contributed by atoms with E-state index in [2.05, 4.69) is 5.32 Å². The third-order valence-electron chi connectivity index (χ3n) is 4.29. The third kappa shape index (κ3) is 4.59. The summed E-state index contributed by atoms with van der Waals surface area (Å²) < 4.78 is 31.0. The van der Waals surface area contributed by atoms with Gasteiger partial charge in [0.1, 0.15) is 0 Å². The van der Waals surface area contributed by atoms with E-state index in [1.54, 1.807) is 18.2 Å². The number of ether oxygens (including phenoxy) is 1. The van der Waals surface area contributed by atoms with Crippen molar-refractivity contribution >= 4 is 40.9 Å². The lowest BCUT2D eigenvalue weighted by Gasteiger charge is -2.32. The van der Waals surface area contributed by atoms with E-state index in [-0.39, 0.29) is 22.8 Å². The van der Waals surface area contributed by atoms with Crippen molar-refractivity contribution in [1.29, 1.82) is 0 Å². The normalized spacial score (nSPS) is 18.5. The van der Waals surface area contributed by atoms with Gasteiger partial charge in [0.25, 0.3) is 5.91 Å². The molecule has 0 radical (unpaired) electrons. The molecule has 0 atom stereocenters. The van der Waals surface area contributed by atoms with Crippen LogP contribution in [0.4, 0.5) is 14.5 Å². The number of hydrogen-bond acceptors (Lipinski definition) is 4. The van der Waals surface area contributed by atoms with Gasteiger partial charge in [0.15, 0.2) is 11.6 Å². The van der Waals surface area contributed by atoms with Crippen molar-refractivity contribution in [1.82, 2.24) is 0 Å². The van der Waals surface area contributed by atoms with Gasteiger partial charge >= 0.3 is 5.97 Å². The highest BCUT2D eigenvalue weighted by Gasteiger charge is 2.36. The SMILES string of the molecule is COC(=O)C1CC(Sc2cc(C(=O)Nc3ccc(F)c(F)c3)ccc2Cl)C1. The zero-order valence-electron chi connectivity index (χ0n) is 14.3. The van der Waals surface area contributed by atoms with E-state index in [0.29, 0.717) is 23.4 Å². The van der Waals surface area contributed by atoms with Crippen LogP contribution in [0.5, 0.6) is 0 Å². The number of carbonyl (C=O) groups is 2. The molecule has 2 aromatic carbocycles. The molecule has 1 aliphatic rings. The summed E-state index contributed by atoms with van der Waals surface area (Å²) in [6.45, 7) is 0. The Kier molecular flexibility index (Phi) is 6.01. The largest absolute Gasteiger partial charge is 0.469 e. The van der Waals surface area contributed by atoms with E-state index in [4.69, 9.17) is 16.3 Å². The van der Waals surface area contributed by atoms with Gasteiger partial charge in [-0.3, -0.25) is 9.59 Å². The number of nitrogens with one attached hydrogen (secondary N) is 1. The number of rotatable bonds is 5. The Labute approximate surface area is 164 Å². The molecule has 0 aromatic heterocycles. The van der Waals surface area contributed by atoms with Crippen LogP contribution in [0, 0.1) is 17.6 Å². The molecule has 0 aliphatic heterocycles. The lowest BCUT2D eigenvalue weighted by molar-refractivity contribution is -0.148. The first kappa shape index (κ1) is 19.6. The molecule has 8 heteroatoms. The van der Waals surface area contributed by atoms with Crippen molar-refractivity contribution in [3.63, 3.8) is 0 Å². The number of thioether (sulfide) groups is 1. The summed E-state index contributed by atoms with van der Waals surface area (Å²) in [6.07, 6.45) is 1.39. The first-order chi connectivity index (χ1) is 12.9. The number of methoxy groups -OCH3 is 1. The molecule has 27 heavy (non-hydrogen) atoms. The fourth-order valence-corrected chi connectivity index (χ4v) is 4.36. The molecule has 0 spiro atoms. The average molecular weight is 412 g/mol. The molecule has 0 bridgehead atoms. The van der Waals surface area contributed by atoms with Crippen LogP contribution in [-0.4, -0.2) is 24.2 Å². The lowest BCUT2D eigenvalue weighted by atomic mass is 9.85. The summed E-state index contributed by atoms with van der Waals surface area (Å²) in [6, 6.07) is 7.96. The van der Waals surface area contributed by atoms with Crippen molar-refractivity contribution in [3.8, 4) is 0 Å². The number of hydrogen-bond donors (Lipinski definition) is 1. The van der Waals surface area contributed by atoms with Crippen molar-refractivity contribution in [2.45, 2.75) is 23.0 Å². The summed E-state index contributed by atoms with van der Waals surface area (Å²) >= 11 is 7.72. The smallest absolute Gasteiger partial charge is 0.308 e. The van der Waals surface area contributed by atoms with E-state index in [9.17, 15) is 18.4 Å². The van der Waals surface area contributed by atoms with E-state index in [1.807, 2.05) is 0 Å². The molecule has 3 rings (SSSR count). The maximum Gasteiger partial charge on any atom is 0.308 e. The number of anilines is 1. The van der Waals surface area contributed by atoms with Crippen LogP contribution in [0.1, 0.15) is 23.2 Å². The van der Waals surface area contributed by atoms with Crippen LogP contribution in [0.2, 0.25) is 5.02 Å². The topological polar surface area (TPSA) is 55.4 Å². The summed E-state index contributed by atoms with van der Waals surface area (Å²) in [5.74, 6) is -2.78. The quantitative estimate of drug-likeness (QED) is 0.710. The van der Waals surface area contributed by atoms with Crippen LogP contribution in [0.25, 0.3) is 0 Å². The Bertz CT molecular complexity index is 887. The van der Waals surface area contributed by atoms with E-state index in [0.717, 1.165) is 17.0 Å². The second-order valence-electron chi connectivity index (χ2n) is 6.16. The van der Waals surface area contributed by atoms with E-state index < -0.39 is 17.5 Å². The van der Waals surface area contributed by atoms with E-state index in [1.165, 1.54) is 24.9 Å². The first-order valence-electron chi connectivity index (χ1n) is 8.18. The van der Waals surface area contributed by atoms with Crippen LogP contribution in [0.15, 0.2) is 41.3 Å². The van der Waals surface area contributed by atoms with Gasteiger partial charge in [-0.1, -0.05) is 11.6 Å². The molecule has 142 valence electrons. The highest BCUT2D eigenvalue weighted by atomic mass is 35.5. The first-order valence-corrected chi connectivity index (χ1v) is 9.43. The minimum atomic E-state index is -1.04. The Morgan fingerprint density at radius 3 is 2.56 bits per heavy atom. The van der Waals surface area contributed by atoms with Gasteiger partial charge in [-0.15, -0.1) is 11.8 Å². The maximum atomic E-state index is 13.3. The fraction of sp³-hybridized carbons (Fsp3) is 0.263. The predicted molar refractivity (Wildman–Crippen MR) is 100 cm³/mol. The predicted octanol–water partition coefficient (Wildman–Crippen LogP) is 4.91. The monoisotopic (exact) mass is 411 g/mol. The zero-order valence-corrected chi connectivity index (χ0v) is 15.9. The van der Waals surface area contributed by atoms with Crippen molar-refractivity contribution < 1.29 is 23.1 Å². The zero-order chi connectivity index (χ0) is 19.6. The molecule has 0 saturated heterocycles. The Morgan fingerprint density at radius 2 is 1.89 bits per heavy atom. The van der Waals surface area contributed by atoms with Crippen LogP contribution >= 0.6 is 23.4 Å². The number of esters is 1. The minimum Gasteiger partial charge on any atom is -0.469 e. The molecule has 1 saturated carbocycles. The molecule has 1 N–H and O–H groups in total. The van der Waals surface area contributed by atoms with Gasteiger partial charge < -0.3 is 10.1 Å². The van der Waals surface area contributed by atoms with Crippen molar-refractivity contribution in [2.75, 3.05) is 12.4 Å². The Hall–Kier alpha value is -2.12. The van der Waals surface area contributed by atoms with E-state index >= 15 is 0 Å². The maximum absolute atomic E-state index is 13.3. The third-order valence-corrected chi connectivity index (χ3v) is 6.05. The van der Waals surface area contributed by atoms with Gasteiger partial charge in [0.2, 0.25) is 0 Å². The summed E-state index contributed by atoms with van der Waals surface area (Å²) in [7, 11) is 1.37. The molecule has 0 heterocycles. The molecule has 1 aliphatic carbocycles. The summed E-state index contributed by atoms with van der Waals surface area (Å²) in [5.41, 5.74) is 0.499.